The summed E-state index contributed by atoms with van der Waals surface area (Å²) in [6.07, 6.45) is 5.08. The standard InChI is InChI=1S/C16H23ClN2O3/c1-3-16(4-2,10-20)19-15(21)13-7-14(12(17)8-18-13)22-9-11-5-6-11/h7-8,11,20H,3-6,9-10H2,1-2H3,(H,19,21). The molecular weight excluding hydrogens is 304 g/mol. The van der Waals surface area contributed by atoms with E-state index in [0.29, 0.717) is 36.1 Å². The van der Waals surface area contributed by atoms with Gasteiger partial charge in [-0.3, -0.25) is 4.79 Å². The van der Waals surface area contributed by atoms with Crippen LogP contribution in [0.2, 0.25) is 5.02 Å². The fourth-order valence-electron chi connectivity index (χ4n) is 2.14. The molecule has 1 saturated carbocycles. The fourth-order valence-corrected chi connectivity index (χ4v) is 2.30. The number of hydrogen-bond donors (Lipinski definition) is 2. The van der Waals surface area contributed by atoms with Gasteiger partial charge in [-0.15, -0.1) is 0 Å². The van der Waals surface area contributed by atoms with Gasteiger partial charge < -0.3 is 15.2 Å². The third-order valence-corrected chi connectivity index (χ3v) is 4.54. The van der Waals surface area contributed by atoms with E-state index < -0.39 is 5.54 Å². The smallest absolute Gasteiger partial charge is 0.270 e. The van der Waals surface area contributed by atoms with Crippen LogP contribution in [0.25, 0.3) is 0 Å². The van der Waals surface area contributed by atoms with Gasteiger partial charge in [-0.1, -0.05) is 25.4 Å². The number of halogens is 1. The topological polar surface area (TPSA) is 71.5 Å². The number of hydrogen-bond acceptors (Lipinski definition) is 4. The number of aliphatic hydroxyl groups excluding tert-OH is 1. The Hall–Kier alpha value is -1.33. The SMILES string of the molecule is CCC(CC)(CO)NC(=O)c1cc(OCC2CC2)c(Cl)cn1. The van der Waals surface area contributed by atoms with E-state index in [-0.39, 0.29) is 18.2 Å². The number of pyridine rings is 1. The van der Waals surface area contributed by atoms with Crippen molar-refractivity contribution < 1.29 is 14.6 Å². The lowest BCUT2D eigenvalue weighted by Gasteiger charge is -2.30. The summed E-state index contributed by atoms with van der Waals surface area (Å²) in [4.78, 5) is 16.4. The Kier molecular flexibility index (Phi) is 5.64. The predicted octanol–water partition coefficient (Wildman–Crippen LogP) is 2.80. The first-order valence-corrected chi connectivity index (χ1v) is 8.13. The van der Waals surface area contributed by atoms with Gasteiger partial charge in [0, 0.05) is 6.07 Å². The second-order valence-corrected chi connectivity index (χ2v) is 6.26. The van der Waals surface area contributed by atoms with Gasteiger partial charge in [-0.2, -0.15) is 0 Å². The molecule has 1 aliphatic carbocycles. The minimum absolute atomic E-state index is 0.107. The zero-order chi connectivity index (χ0) is 16.2. The van der Waals surface area contributed by atoms with Gasteiger partial charge in [0.15, 0.2) is 0 Å². The van der Waals surface area contributed by atoms with Crippen molar-refractivity contribution in [3.8, 4) is 5.75 Å². The quantitative estimate of drug-likeness (QED) is 0.770. The van der Waals surface area contributed by atoms with Crippen LogP contribution < -0.4 is 10.1 Å². The van der Waals surface area contributed by atoms with Gasteiger partial charge in [-0.25, -0.2) is 4.98 Å². The number of aliphatic hydroxyl groups is 1. The molecule has 1 fully saturated rings. The zero-order valence-electron chi connectivity index (χ0n) is 13.1. The summed E-state index contributed by atoms with van der Waals surface area (Å²) in [7, 11) is 0. The molecule has 1 aromatic rings. The van der Waals surface area contributed by atoms with Crippen LogP contribution in [0.1, 0.15) is 50.0 Å². The molecule has 0 saturated heterocycles. The maximum absolute atomic E-state index is 12.4. The summed E-state index contributed by atoms with van der Waals surface area (Å²) in [6.45, 7) is 4.37. The van der Waals surface area contributed by atoms with Gasteiger partial charge in [0.25, 0.3) is 5.91 Å². The average molecular weight is 327 g/mol. The summed E-state index contributed by atoms with van der Waals surface area (Å²) in [5.74, 6) is 0.755. The van der Waals surface area contributed by atoms with Crippen molar-refractivity contribution in [3.63, 3.8) is 0 Å². The largest absolute Gasteiger partial charge is 0.492 e. The van der Waals surface area contributed by atoms with Crippen molar-refractivity contribution in [1.82, 2.24) is 10.3 Å². The first-order chi connectivity index (χ1) is 10.5. The van der Waals surface area contributed by atoms with Gasteiger partial charge in [-0.05, 0) is 31.6 Å². The lowest BCUT2D eigenvalue weighted by atomic mass is 9.93. The van der Waals surface area contributed by atoms with Crippen LogP contribution in [0.4, 0.5) is 0 Å². The second kappa shape index (κ2) is 7.29. The Morgan fingerprint density at radius 2 is 2.18 bits per heavy atom. The van der Waals surface area contributed by atoms with E-state index in [1.807, 2.05) is 13.8 Å². The Morgan fingerprint density at radius 1 is 1.50 bits per heavy atom. The lowest BCUT2D eigenvalue weighted by Crippen LogP contribution is -2.50. The lowest BCUT2D eigenvalue weighted by molar-refractivity contribution is 0.0812. The molecule has 0 radical (unpaired) electrons. The molecule has 1 aromatic heterocycles. The molecule has 1 heterocycles. The number of ether oxygens (including phenoxy) is 1. The van der Waals surface area contributed by atoms with Crippen LogP contribution in [0.3, 0.4) is 0 Å². The van der Waals surface area contributed by atoms with Crippen molar-refractivity contribution in [2.45, 2.75) is 45.1 Å². The molecule has 122 valence electrons. The molecule has 0 spiro atoms. The predicted molar refractivity (Wildman–Crippen MR) is 85.3 cm³/mol. The summed E-state index contributed by atoms with van der Waals surface area (Å²) in [6, 6.07) is 1.56. The van der Waals surface area contributed by atoms with Crippen molar-refractivity contribution in [1.29, 1.82) is 0 Å². The minimum atomic E-state index is -0.618. The number of rotatable bonds is 8. The fraction of sp³-hybridized carbons (Fsp3) is 0.625. The van der Waals surface area contributed by atoms with E-state index in [9.17, 15) is 9.90 Å². The average Bonchev–Trinajstić information content (AvgIpc) is 3.36. The highest BCUT2D eigenvalue weighted by molar-refractivity contribution is 6.32. The van der Waals surface area contributed by atoms with Crippen molar-refractivity contribution in [2.75, 3.05) is 13.2 Å². The van der Waals surface area contributed by atoms with Gasteiger partial charge in [0.1, 0.15) is 16.5 Å². The van der Waals surface area contributed by atoms with Crippen LogP contribution in [0, 0.1) is 5.92 Å². The molecule has 5 nitrogen and oxygen atoms in total. The maximum Gasteiger partial charge on any atom is 0.270 e. The number of carbonyl (C=O) groups excluding carboxylic acids is 1. The molecule has 2 N–H and O–H groups in total. The van der Waals surface area contributed by atoms with Gasteiger partial charge in [0.05, 0.1) is 24.9 Å². The zero-order valence-corrected chi connectivity index (χ0v) is 13.8. The van der Waals surface area contributed by atoms with Crippen molar-refractivity contribution in [3.05, 3.63) is 23.0 Å². The Labute approximate surface area is 136 Å². The summed E-state index contributed by atoms with van der Waals surface area (Å²) < 4.78 is 5.66. The van der Waals surface area contributed by atoms with E-state index in [2.05, 4.69) is 10.3 Å². The van der Waals surface area contributed by atoms with Gasteiger partial charge >= 0.3 is 0 Å². The molecule has 0 bridgehead atoms. The highest BCUT2D eigenvalue weighted by Gasteiger charge is 2.28. The van der Waals surface area contributed by atoms with E-state index in [1.165, 1.54) is 19.0 Å². The Morgan fingerprint density at radius 3 is 2.73 bits per heavy atom. The summed E-state index contributed by atoms with van der Waals surface area (Å²) >= 11 is 6.06. The Bertz CT molecular complexity index is 520. The van der Waals surface area contributed by atoms with E-state index in [4.69, 9.17) is 16.3 Å². The van der Waals surface area contributed by atoms with E-state index >= 15 is 0 Å². The molecule has 22 heavy (non-hydrogen) atoms. The molecule has 0 atom stereocenters. The minimum Gasteiger partial charge on any atom is -0.492 e. The van der Waals surface area contributed by atoms with Crippen LogP contribution >= 0.6 is 11.6 Å². The number of aromatic nitrogens is 1. The Balaban J connectivity index is 2.09. The normalized spacial score (nSPS) is 14.7. The molecule has 1 aliphatic rings. The highest BCUT2D eigenvalue weighted by atomic mass is 35.5. The van der Waals surface area contributed by atoms with Gasteiger partial charge in [0.2, 0.25) is 0 Å². The molecule has 0 unspecified atom stereocenters. The first-order valence-electron chi connectivity index (χ1n) is 7.75. The van der Waals surface area contributed by atoms with Crippen LogP contribution in [-0.2, 0) is 0 Å². The van der Waals surface area contributed by atoms with Crippen LogP contribution in [-0.4, -0.2) is 34.8 Å². The molecule has 6 heteroatoms. The number of nitrogens with one attached hydrogen (secondary N) is 1. The first kappa shape index (κ1) is 17.0. The second-order valence-electron chi connectivity index (χ2n) is 5.85. The van der Waals surface area contributed by atoms with Crippen LogP contribution in [0.15, 0.2) is 12.3 Å². The molecule has 0 aromatic carbocycles. The van der Waals surface area contributed by atoms with Crippen molar-refractivity contribution in [2.24, 2.45) is 5.92 Å². The third kappa shape index (κ3) is 4.11. The molecule has 1 amide bonds. The maximum atomic E-state index is 12.4. The molecular formula is C16H23ClN2O3. The number of amides is 1. The summed E-state index contributed by atoms with van der Waals surface area (Å²) in [5, 5.41) is 12.8. The number of nitrogens with zero attached hydrogens (tertiary/aromatic N) is 1. The third-order valence-electron chi connectivity index (χ3n) is 4.26. The monoisotopic (exact) mass is 326 g/mol. The van der Waals surface area contributed by atoms with E-state index in [0.717, 1.165) is 0 Å². The number of carbonyl (C=O) groups is 1. The summed E-state index contributed by atoms with van der Waals surface area (Å²) in [5.41, 5.74) is -0.372. The molecule has 2 rings (SSSR count). The van der Waals surface area contributed by atoms with Crippen LogP contribution in [0.5, 0.6) is 5.75 Å². The molecule has 0 aliphatic heterocycles. The van der Waals surface area contributed by atoms with Crippen molar-refractivity contribution >= 4 is 17.5 Å². The van der Waals surface area contributed by atoms with E-state index in [1.54, 1.807) is 6.07 Å². The highest BCUT2D eigenvalue weighted by Crippen LogP contribution is 2.31.